The predicted molar refractivity (Wildman–Crippen MR) is 46.2 cm³/mol. The van der Waals surface area contributed by atoms with Crippen LogP contribution in [0.1, 0.15) is 6.93 Å². The zero-order valence-corrected chi connectivity index (χ0v) is 5.96. The molecule has 0 aliphatic carbocycles. The van der Waals surface area contributed by atoms with Gasteiger partial charge in [0.05, 0.1) is 0 Å². The molecule has 2 aromatic rings. The second kappa shape index (κ2) is 2.12. The molecule has 0 aliphatic heterocycles. The minimum absolute atomic E-state index is 0.255. The number of aromatic amines is 1. The maximum atomic E-state index is 7.22. The molecule has 2 radical (unpaired) electrons. The van der Waals surface area contributed by atoms with Gasteiger partial charge in [-0.1, -0.05) is 11.5 Å². The summed E-state index contributed by atoms with van der Waals surface area (Å²) in [5, 5.41) is 0.949. The number of aryl methyl sites for hydroxylation is 1. The zero-order valence-electron chi connectivity index (χ0n) is 6.96. The van der Waals surface area contributed by atoms with Crippen molar-refractivity contribution >= 4 is 24.3 Å². The molecule has 0 amide bonds. The van der Waals surface area contributed by atoms with E-state index in [0.29, 0.717) is 5.46 Å². The number of rotatable bonds is 0. The first-order valence-electron chi connectivity index (χ1n) is 4.02. The number of aromatic nitrogens is 2. The summed E-state index contributed by atoms with van der Waals surface area (Å²) in [4.78, 5) is 7.07. The van der Waals surface area contributed by atoms with Crippen LogP contribution >= 0.6 is 0 Å². The van der Waals surface area contributed by atoms with E-state index in [9.17, 15) is 0 Å². The molecule has 52 valence electrons. The highest BCUT2D eigenvalue weighted by Gasteiger charge is 1.98. The maximum Gasteiger partial charge on any atom is 0.137 e. The van der Waals surface area contributed by atoms with E-state index in [2.05, 4.69) is 9.97 Å². The van der Waals surface area contributed by atoms with Gasteiger partial charge in [-0.15, -0.1) is 0 Å². The monoisotopic (exact) mass is 143 g/mol. The van der Waals surface area contributed by atoms with E-state index < -0.39 is 0 Å². The van der Waals surface area contributed by atoms with Gasteiger partial charge in [0.25, 0.3) is 0 Å². The summed E-state index contributed by atoms with van der Waals surface area (Å²) in [6.07, 6.45) is 3.40. The number of hydrogen-bond donors (Lipinski definition) is 1. The summed E-state index contributed by atoms with van der Waals surface area (Å²) in [5.41, 5.74) is 2.37. The minimum Gasteiger partial charge on any atom is -0.346 e. The summed E-state index contributed by atoms with van der Waals surface area (Å²) < 4.78 is 7.22. The molecule has 0 saturated heterocycles. The molecule has 2 heterocycles. The molecule has 0 aliphatic rings. The third-order valence-electron chi connectivity index (χ3n) is 1.64. The van der Waals surface area contributed by atoms with Crippen LogP contribution in [0.15, 0.2) is 18.5 Å². The van der Waals surface area contributed by atoms with Crippen LogP contribution in [-0.2, 0) is 0 Å². The van der Waals surface area contributed by atoms with Gasteiger partial charge < -0.3 is 4.98 Å². The second-order valence-electron chi connectivity index (χ2n) is 2.48. The molecule has 2 aromatic heterocycles. The van der Waals surface area contributed by atoms with Crippen LogP contribution in [0.4, 0.5) is 0 Å². The molecule has 0 bridgehead atoms. The molecule has 0 atom stereocenters. The van der Waals surface area contributed by atoms with E-state index in [-0.39, 0.29) is 6.90 Å². The topological polar surface area (TPSA) is 28.7 Å². The van der Waals surface area contributed by atoms with Crippen molar-refractivity contribution in [3.8, 4) is 0 Å². The smallest absolute Gasteiger partial charge is 0.137 e. The molecule has 2 rings (SSSR count). The van der Waals surface area contributed by atoms with E-state index in [1.54, 1.807) is 12.4 Å². The molecule has 11 heavy (non-hydrogen) atoms. The van der Waals surface area contributed by atoms with E-state index >= 15 is 0 Å². The average molecular weight is 143 g/mol. The van der Waals surface area contributed by atoms with Gasteiger partial charge in [0.15, 0.2) is 0 Å². The average Bonchev–Trinajstić information content (AvgIpc) is 2.46. The van der Waals surface area contributed by atoms with Crippen LogP contribution < -0.4 is 5.46 Å². The number of nitrogens with one attached hydrogen (secondary N) is 1. The van der Waals surface area contributed by atoms with Gasteiger partial charge in [0.1, 0.15) is 13.5 Å². The van der Waals surface area contributed by atoms with Crippen LogP contribution in [0.3, 0.4) is 0 Å². The van der Waals surface area contributed by atoms with Crippen LogP contribution in [-0.4, -0.2) is 17.8 Å². The number of pyridine rings is 1. The third-order valence-corrected chi connectivity index (χ3v) is 1.64. The zero-order chi connectivity index (χ0) is 8.55. The largest absolute Gasteiger partial charge is 0.346 e. The number of H-pyrrole nitrogens is 1. The Kier molecular flexibility index (Phi) is 1.04. The molecule has 0 fully saturated rings. The highest BCUT2D eigenvalue weighted by atomic mass is 14.8. The molecule has 0 saturated carbocycles. The summed E-state index contributed by atoms with van der Waals surface area (Å²) in [6, 6.07) is 1.84. The van der Waals surface area contributed by atoms with Gasteiger partial charge in [-0.25, -0.2) is 4.98 Å². The van der Waals surface area contributed by atoms with Crippen molar-refractivity contribution in [2.45, 2.75) is 6.90 Å². The van der Waals surface area contributed by atoms with Crippen molar-refractivity contribution in [2.75, 3.05) is 0 Å². The van der Waals surface area contributed by atoms with E-state index in [1.165, 1.54) is 0 Å². The number of hydrogen-bond acceptors (Lipinski definition) is 1. The molecular formula is C8H7BN2. The van der Waals surface area contributed by atoms with E-state index in [1.807, 2.05) is 6.07 Å². The molecule has 0 spiro atoms. The Morgan fingerprint density at radius 3 is 3.45 bits per heavy atom. The second-order valence-corrected chi connectivity index (χ2v) is 2.48. The standard InChI is InChI=1S/C8H7BN2/c1-5-3-10-8-7(5)2-6(9)4-11-8/h2-4H,1H3,(H,10,11)/i1D. The highest BCUT2D eigenvalue weighted by molar-refractivity contribution is 6.32. The van der Waals surface area contributed by atoms with Crippen LogP contribution in [0.25, 0.3) is 11.0 Å². The Morgan fingerprint density at radius 2 is 2.64 bits per heavy atom. The SMILES string of the molecule is [2H]Cc1c[nH]c2ncc([B])cc12. The fourth-order valence-corrected chi connectivity index (χ4v) is 1.07. The highest BCUT2D eigenvalue weighted by Crippen LogP contribution is 2.12. The fraction of sp³-hybridized carbons (Fsp3) is 0.125. The number of fused-ring (bicyclic) bond motifs is 1. The van der Waals surface area contributed by atoms with Gasteiger partial charge >= 0.3 is 0 Å². The Morgan fingerprint density at radius 1 is 1.73 bits per heavy atom. The minimum atomic E-state index is 0.255. The lowest BCUT2D eigenvalue weighted by Gasteiger charge is -1.92. The van der Waals surface area contributed by atoms with E-state index in [4.69, 9.17) is 9.22 Å². The maximum absolute atomic E-state index is 7.22. The summed E-state index contributed by atoms with van der Waals surface area (Å²) >= 11 is 0. The quantitative estimate of drug-likeness (QED) is 0.539. The number of nitrogens with zero attached hydrogens (tertiary/aromatic N) is 1. The summed E-state index contributed by atoms with van der Waals surface area (Å²) in [7, 11) is 5.57. The fourth-order valence-electron chi connectivity index (χ4n) is 1.07. The van der Waals surface area contributed by atoms with Crippen molar-refractivity contribution in [1.29, 1.82) is 0 Å². The molecular weight excluding hydrogens is 135 g/mol. The molecule has 0 unspecified atom stereocenters. The normalized spacial score (nSPS) is 11.8. The van der Waals surface area contributed by atoms with Crippen molar-refractivity contribution in [3.05, 3.63) is 24.0 Å². The Hall–Kier alpha value is -1.25. The van der Waals surface area contributed by atoms with E-state index in [0.717, 1.165) is 16.6 Å². The lowest BCUT2D eigenvalue weighted by molar-refractivity contribution is 1.33. The van der Waals surface area contributed by atoms with Crippen molar-refractivity contribution in [2.24, 2.45) is 0 Å². The third kappa shape index (κ3) is 0.927. The molecule has 2 nitrogen and oxygen atoms in total. The van der Waals surface area contributed by atoms with Gasteiger partial charge in [-0.2, -0.15) is 0 Å². The molecule has 0 aromatic carbocycles. The Bertz CT molecular complexity index is 410. The van der Waals surface area contributed by atoms with Crippen LogP contribution in [0, 0.1) is 6.90 Å². The van der Waals surface area contributed by atoms with Crippen LogP contribution in [0.2, 0.25) is 0 Å². The first-order chi connectivity index (χ1) is 5.81. The Labute approximate surface area is 67.5 Å². The molecule has 1 N–H and O–H groups in total. The lowest BCUT2D eigenvalue weighted by Crippen LogP contribution is -2.01. The van der Waals surface area contributed by atoms with Gasteiger partial charge in [-0.05, 0) is 12.5 Å². The Balaban J connectivity index is 2.75. The lowest BCUT2D eigenvalue weighted by atomic mass is 9.97. The first-order valence-corrected chi connectivity index (χ1v) is 3.32. The van der Waals surface area contributed by atoms with Crippen LogP contribution in [0.5, 0.6) is 0 Å². The van der Waals surface area contributed by atoms with Crippen molar-refractivity contribution in [1.82, 2.24) is 9.97 Å². The summed E-state index contributed by atoms with van der Waals surface area (Å²) in [5.74, 6) is 0. The predicted octanol–water partition coefficient (Wildman–Crippen LogP) is 0.665. The van der Waals surface area contributed by atoms with Crippen molar-refractivity contribution < 1.29 is 1.37 Å². The van der Waals surface area contributed by atoms with Gasteiger partial charge in [0, 0.05) is 19.2 Å². The van der Waals surface area contributed by atoms with Gasteiger partial charge in [0.2, 0.25) is 0 Å². The first kappa shape index (κ1) is 5.41. The van der Waals surface area contributed by atoms with Crippen molar-refractivity contribution in [3.63, 3.8) is 0 Å². The molecule has 3 heteroatoms. The van der Waals surface area contributed by atoms with Gasteiger partial charge in [-0.3, -0.25) is 0 Å². The summed E-state index contributed by atoms with van der Waals surface area (Å²) in [6.45, 7) is 0.255.